The summed E-state index contributed by atoms with van der Waals surface area (Å²) in [5.41, 5.74) is 2.92. The quantitative estimate of drug-likeness (QED) is 0.735. The maximum atomic E-state index is 11.5. The molecule has 0 fully saturated rings. The van der Waals surface area contributed by atoms with Gasteiger partial charge in [0.15, 0.2) is 0 Å². The number of hydrogen-bond acceptors (Lipinski definition) is 3. The molecule has 1 amide bonds. The second kappa shape index (κ2) is 8.32. The summed E-state index contributed by atoms with van der Waals surface area (Å²) in [4.78, 5) is 11.5. The Bertz CT molecular complexity index is 582. The number of hydrogen-bond donors (Lipinski definition) is 3. The Morgan fingerprint density at radius 2 is 1.77 bits per heavy atom. The fourth-order valence-electron chi connectivity index (χ4n) is 2.36. The molecule has 0 aliphatic carbocycles. The van der Waals surface area contributed by atoms with Crippen molar-refractivity contribution in [3.8, 4) is 0 Å². The van der Waals surface area contributed by atoms with Crippen molar-refractivity contribution in [1.29, 1.82) is 0 Å². The minimum absolute atomic E-state index is 0.0815. The van der Waals surface area contributed by atoms with Crippen molar-refractivity contribution < 1.29 is 9.90 Å². The number of amides is 1. The third-order valence-corrected chi connectivity index (χ3v) is 3.62. The molecule has 1 atom stereocenters. The highest BCUT2D eigenvalue weighted by molar-refractivity contribution is 5.93. The molecular weight excluding hydrogens is 276 g/mol. The van der Waals surface area contributed by atoms with Crippen LogP contribution in [0.2, 0.25) is 0 Å². The number of carbonyl (C=O) groups excluding carboxylic acids is 1. The number of nitrogens with one attached hydrogen (secondary N) is 2. The molecule has 0 saturated carbocycles. The van der Waals surface area contributed by atoms with E-state index in [0.29, 0.717) is 18.5 Å². The standard InChI is InChI=1S/C18H22N2O2/c1-19-18(22)16-9-7-14(8-10-16)13-20-17(11-12-21)15-5-3-2-4-6-15/h2-10,17,20-21H,11-13H2,1H3,(H,19,22). The summed E-state index contributed by atoms with van der Waals surface area (Å²) in [7, 11) is 1.62. The van der Waals surface area contributed by atoms with Gasteiger partial charge in [0.25, 0.3) is 5.91 Å². The fraction of sp³-hybridized carbons (Fsp3) is 0.278. The third-order valence-electron chi connectivity index (χ3n) is 3.62. The molecule has 0 saturated heterocycles. The molecular formula is C18H22N2O2. The van der Waals surface area contributed by atoms with Gasteiger partial charge in [-0.2, -0.15) is 0 Å². The van der Waals surface area contributed by atoms with Gasteiger partial charge in [-0.25, -0.2) is 0 Å². The largest absolute Gasteiger partial charge is 0.396 e. The van der Waals surface area contributed by atoms with Gasteiger partial charge in [-0.3, -0.25) is 4.79 Å². The lowest BCUT2D eigenvalue weighted by atomic mass is 10.0. The number of benzene rings is 2. The first-order chi connectivity index (χ1) is 10.7. The summed E-state index contributed by atoms with van der Waals surface area (Å²) in [6.45, 7) is 0.829. The van der Waals surface area contributed by atoms with Gasteiger partial charge in [0.05, 0.1) is 0 Å². The highest BCUT2D eigenvalue weighted by Crippen LogP contribution is 2.17. The Morgan fingerprint density at radius 1 is 1.09 bits per heavy atom. The van der Waals surface area contributed by atoms with E-state index < -0.39 is 0 Å². The minimum Gasteiger partial charge on any atom is -0.396 e. The van der Waals surface area contributed by atoms with E-state index in [9.17, 15) is 9.90 Å². The number of carbonyl (C=O) groups is 1. The zero-order chi connectivity index (χ0) is 15.8. The van der Waals surface area contributed by atoms with E-state index in [-0.39, 0.29) is 18.6 Å². The molecule has 0 heterocycles. The molecule has 0 spiro atoms. The van der Waals surface area contributed by atoms with Crippen molar-refractivity contribution in [2.45, 2.75) is 19.0 Å². The Kier molecular flexibility index (Phi) is 6.13. The molecule has 1 unspecified atom stereocenters. The highest BCUT2D eigenvalue weighted by Gasteiger charge is 2.10. The predicted molar refractivity (Wildman–Crippen MR) is 87.6 cm³/mol. The van der Waals surface area contributed by atoms with Crippen LogP contribution >= 0.6 is 0 Å². The van der Waals surface area contributed by atoms with E-state index in [1.807, 2.05) is 42.5 Å². The van der Waals surface area contributed by atoms with Crippen molar-refractivity contribution in [3.63, 3.8) is 0 Å². The van der Waals surface area contributed by atoms with E-state index in [1.165, 1.54) is 5.56 Å². The molecule has 22 heavy (non-hydrogen) atoms. The molecule has 116 valence electrons. The summed E-state index contributed by atoms with van der Waals surface area (Å²) in [5, 5.41) is 15.3. The lowest BCUT2D eigenvalue weighted by Gasteiger charge is -2.18. The van der Waals surface area contributed by atoms with Crippen molar-refractivity contribution in [1.82, 2.24) is 10.6 Å². The summed E-state index contributed by atoms with van der Waals surface area (Å²) in [5.74, 6) is -0.0815. The van der Waals surface area contributed by atoms with Crippen LogP contribution in [0.3, 0.4) is 0 Å². The van der Waals surface area contributed by atoms with Crippen LogP contribution in [-0.2, 0) is 6.54 Å². The van der Waals surface area contributed by atoms with Crippen molar-refractivity contribution in [2.75, 3.05) is 13.7 Å². The van der Waals surface area contributed by atoms with Crippen LogP contribution in [0.4, 0.5) is 0 Å². The fourth-order valence-corrected chi connectivity index (χ4v) is 2.36. The van der Waals surface area contributed by atoms with E-state index in [0.717, 1.165) is 5.56 Å². The van der Waals surface area contributed by atoms with Gasteiger partial charge in [0.2, 0.25) is 0 Å². The number of rotatable bonds is 7. The van der Waals surface area contributed by atoms with E-state index in [4.69, 9.17) is 0 Å². The molecule has 0 aromatic heterocycles. The van der Waals surface area contributed by atoms with Crippen molar-refractivity contribution in [3.05, 3.63) is 71.3 Å². The monoisotopic (exact) mass is 298 g/mol. The van der Waals surface area contributed by atoms with Crippen LogP contribution in [0.25, 0.3) is 0 Å². The van der Waals surface area contributed by atoms with Gasteiger partial charge in [-0.15, -0.1) is 0 Å². The van der Waals surface area contributed by atoms with E-state index in [2.05, 4.69) is 22.8 Å². The topological polar surface area (TPSA) is 61.4 Å². The maximum absolute atomic E-state index is 11.5. The van der Waals surface area contributed by atoms with Crippen LogP contribution in [0.5, 0.6) is 0 Å². The van der Waals surface area contributed by atoms with Gasteiger partial charge in [0.1, 0.15) is 0 Å². The molecule has 0 bridgehead atoms. The zero-order valence-electron chi connectivity index (χ0n) is 12.8. The van der Waals surface area contributed by atoms with Gasteiger partial charge in [-0.05, 0) is 29.7 Å². The minimum atomic E-state index is -0.0815. The second-order valence-electron chi connectivity index (χ2n) is 5.13. The zero-order valence-corrected chi connectivity index (χ0v) is 12.8. The number of aliphatic hydroxyl groups is 1. The average molecular weight is 298 g/mol. The Labute approximate surface area is 131 Å². The molecule has 4 nitrogen and oxygen atoms in total. The SMILES string of the molecule is CNC(=O)c1ccc(CNC(CCO)c2ccccc2)cc1. The highest BCUT2D eigenvalue weighted by atomic mass is 16.3. The normalized spacial score (nSPS) is 11.9. The molecule has 4 heteroatoms. The Balaban J connectivity index is 1.99. The first-order valence-electron chi connectivity index (χ1n) is 7.45. The Hall–Kier alpha value is -2.17. The molecule has 0 aliphatic heterocycles. The van der Waals surface area contributed by atoms with Crippen LogP contribution in [-0.4, -0.2) is 24.7 Å². The van der Waals surface area contributed by atoms with Gasteiger partial charge >= 0.3 is 0 Å². The second-order valence-corrected chi connectivity index (χ2v) is 5.13. The third kappa shape index (κ3) is 4.41. The molecule has 2 rings (SSSR count). The summed E-state index contributed by atoms with van der Waals surface area (Å²) < 4.78 is 0. The maximum Gasteiger partial charge on any atom is 0.251 e. The van der Waals surface area contributed by atoms with Gasteiger partial charge in [-0.1, -0.05) is 42.5 Å². The van der Waals surface area contributed by atoms with Crippen LogP contribution in [0.15, 0.2) is 54.6 Å². The smallest absolute Gasteiger partial charge is 0.251 e. The van der Waals surface area contributed by atoms with Crippen LogP contribution in [0.1, 0.15) is 33.9 Å². The first kappa shape index (κ1) is 16.2. The van der Waals surface area contributed by atoms with Crippen LogP contribution < -0.4 is 10.6 Å². The molecule has 0 radical (unpaired) electrons. The first-order valence-corrected chi connectivity index (χ1v) is 7.45. The Morgan fingerprint density at radius 3 is 2.36 bits per heavy atom. The summed E-state index contributed by atoms with van der Waals surface area (Å²) in [6.07, 6.45) is 0.667. The van der Waals surface area contributed by atoms with Crippen LogP contribution in [0, 0.1) is 0 Å². The summed E-state index contributed by atoms with van der Waals surface area (Å²) >= 11 is 0. The molecule has 0 aliphatic rings. The van der Waals surface area contributed by atoms with Gasteiger partial charge in [0, 0.05) is 31.8 Å². The lowest BCUT2D eigenvalue weighted by Crippen LogP contribution is -2.22. The number of aliphatic hydroxyl groups excluding tert-OH is 1. The molecule has 2 aromatic carbocycles. The molecule has 2 aromatic rings. The van der Waals surface area contributed by atoms with E-state index >= 15 is 0 Å². The summed E-state index contributed by atoms with van der Waals surface area (Å²) in [6, 6.07) is 17.7. The van der Waals surface area contributed by atoms with Gasteiger partial charge < -0.3 is 15.7 Å². The van der Waals surface area contributed by atoms with Crippen molar-refractivity contribution >= 4 is 5.91 Å². The molecule has 3 N–H and O–H groups in total. The average Bonchev–Trinajstić information content (AvgIpc) is 2.59. The van der Waals surface area contributed by atoms with E-state index in [1.54, 1.807) is 7.05 Å². The predicted octanol–water partition coefficient (Wildman–Crippen LogP) is 2.26. The van der Waals surface area contributed by atoms with Crippen molar-refractivity contribution in [2.24, 2.45) is 0 Å². The lowest BCUT2D eigenvalue weighted by molar-refractivity contribution is 0.0963.